The van der Waals surface area contributed by atoms with Crippen LogP contribution in [0.25, 0.3) is 0 Å². The molecule has 1 N–H and O–H groups in total. The predicted octanol–water partition coefficient (Wildman–Crippen LogP) is 4.79. The summed E-state index contributed by atoms with van der Waals surface area (Å²) in [6, 6.07) is 10.2. The van der Waals surface area contributed by atoms with Gasteiger partial charge in [0.05, 0.1) is 12.2 Å². The molecule has 0 saturated heterocycles. The molecule has 0 radical (unpaired) electrons. The number of fused-ring (bicyclic) bond motifs is 1. The molecule has 3 rings (SSSR count). The molecule has 2 nitrogen and oxygen atoms in total. The van der Waals surface area contributed by atoms with Gasteiger partial charge in [0.1, 0.15) is 17.7 Å². The Morgan fingerprint density at radius 1 is 1.26 bits per heavy atom. The second-order valence-corrected chi connectivity index (χ2v) is 5.65. The first-order valence-corrected chi connectivity index (χ1v) is 6.95. The number of nitrogens with one attached hydrogen (secondary N) is 1. The van der Waals surface area contributed by atoms with Gasteiger partial charge in [-0.25, -0.2) is 4.39 Å². The van der Waals surface area contributed by atoms with Gasteiger partial charge in [0.25, 0.3) is 0 Å². The van der Waals surface area contributed by atoms with Crippen LogP contribution in [0.1, 0.15) is 11.7 Å². The quantitative estimate of drug-likeness (QED) is 0.805. The van der Waals surface area contributed by atoms with Gasteiger partial charge in [0.15, 0.2) is 0 Å². The molecule has 0 amide bonds. The SMILES string of the molecule is Fc1ccc(Br)cc1C1CNc2cc(Cl)ccc2O1. The second-order valence-electron chi connectivity index (χ2n) is 4.29. The first-order valence-electron chi connectivity index (χ1n) is 5.78. The molecule has 5 heteroatoms. The minimum absolute atomic E-state index is 0.271. The molecule has 1 heterocycles. The molecule has 0 fully saturated rings. The van der Waals surface area contributed by atoms with Crippen LogP contribution in [0.2, 0.25) is 5.02 Å². The minimum Gasteiger partial charge on any atom is -0.482 e. The van der Waals surface area contributed by atoms with E-state index in [1.165, 1.54) is 6.07 Å². The van der Waals surface area contributed by atoms with Crippen molar-refractivity contribution in [3.05, 3.63) is 57.3 Å². The van der Waals surface area contributed by atoms with E-state index in [0.29, 0.717) is 22.9 Å². The lowest BCUT2D eigenvalue weighted by atomic mass is 10.1. The summed E-state index contributed by atoms with van der Waals surface area (Å²) in [7, 11) is 0. The Labute approximate surface area is 123 Å². The maximum atomic E-state index is 13.8. The zero-order chi connectivity index (χ0) is 13.4. The Bertz CT molecular complexity index is 635. The van der Waals surface area contributed by atoms with E-state index < -0.39 is 0 Å². The Hall–Kier alpha value is -1.26. The number of ether oxygens (including phenoxy) is 1. The molecule has 0 bridgehead atoms. The van der Waals surface area contributed by atoms with Gasteiger partial charge in [-0.05, 0) is 36.4 Å². The summed E-state index contributed by atoms with van der Waals surface area (Å²) in [5.41, 5.74) is 1.36. The molecule has 2 aromatic carbocycles. The van der Waals surface area contributed by atoms with Gasteiger partial charge in [-0.15, -0.1) is 0 Å². The fourth-order valence-electron chi connectivity index (χ4n) is 2.08. The summed E-state index contributed by atoms with van der Waals surface area (Å²) in [5, 5.41) is 3.85. The molecule has 98 valence electrons. The van der Waals surface area contributed by atoms with Gasteiger partial charge >= 0.3 is 0 Å². The van der Waals surface area contributed by atoms with Crippen molar-refractivity contribution in [2.75, 3.05) is 11.9 Å². The fourth-order valence-corrected chi connectivity index (χ4v) is 2.63. The molecule has 0 saturated carbocycles. The van der Waals surface area contributed by atoms with E-state index in [0.717, 1.165) is 10.2 Å². The van der Waals surface area contributed by atoms with E-state index in [2.05, 4.69) is 21.2 Å². The lowest BCUT2D eigenvalue weighted by Gasteiger charge is -2.28. The third kappa shape index (κ3) is 2.55. The second kappa shape index (κ2) is 5.02. The summed E-state index contributed by atoms with van der Waals surface area (Å²) < 4.78 is 20.5. The highest BCUT2D eigenvalue weighted by Gasteiger charge is 2.23. The highest BCUT2D eigenvalue weighted by molar-refractivity contribution is 9.10. The summed E-state index contributed by atoms with van der Waals surface area (Å²) >= 11 is 9.26. The summed E-state index contributed by atoms with van der Waals surface area (Å²) in [4.78, 5) is 0. The molecule has 1 atom stereocenters. The van der Waals surface area contributed by atoms with Crippen LogP contribution in [0.15, 0.2) is 40.9 Å². The molecule has 0 aromatic heterocycles. The first-order chi connectivity index (χ1) is 9.13. The first kappa shape index (κ1) is 12.8. The van der Waals surface area contributed by atoms with Crippen molar-refractivity contribution >= 4 is 33.2 Å². The molecule has 1 aliphatic rings. The number of hydrogen-bond donors (Lipinski definition) is 1. The maximum absolute atomic E-state index is 13.8. The third-order valence-corrected chi connectivity index (χ3v) is 3.72. The summed E-state index contributed by atoms with van der Waals surface area (Å²) in [5.74, 6) is 0.410. The van der Waals surface area contributed by atoms with Gasteiger partial charge in [0, 0.05) is 15.1 Å². The van der Waals surface area contributed by atoms with Crippen molar-refractivity contribution in [2.24, 2.45) is 0 Å². The molecule has 1 unspecified atom stereocenters. The van der Waals surface area contributed by atoms with E-state index in [4.69, 9.17) is 16.3 Å². The van der Waals surface area contributed by atoms with E-state index >= 15 is 0 Å². The summed E-state index contributed by atoms with van der Waals surface area (Å²) in [6.07, 6.45) is -0.355. The monoisotopic (exact) mass is 341 g/mol. The van der Waals surface area contributed by atoms with Crippen LogP contribution in [-0.2, 0) is 0 Å². The normalized spacial score (nSPS) is 17.3. The van der Waals surface area contributed by atoms with Crippen LogP contribution in [0, 0.1) is 5.82 Å². The fraction of sp³-hybridized carbons (Fsp3) is 0.143. The van der Waals surface area contributed by atoms with E-state index in [9.17, 15) is 4.39 Å². The highest BCUT2D eigenvalue weighted by atomic mass is 79.9. The van der Waals surface area contributed by atoms with Gasteiger partial charge in [0.2, 0.25) is 0 Å². The van der Waals surface area contributed by atoms with E-state index in [1.807, 2.05) is 0 Å². The van der Waals surface area contributed by atoms with Crippen molar-refractivity contribution in [3.63, 3.8) is 0 Å². The van der Waals surface area contributed by atoms with Crippen LogP contribution < -0.4 is 10.1 Å². The minimum atomic E-state index is -0.355. The van der Waals surface area contributed by atoms with Crippen molar-refractivity contribution in [1.82, 2.24) is 0 Å². The molecule has 19 heavy (non-hydrogen) atoms. The Morgan fingerprint density at radius 3 is 2.95 bits per heavy atom. The Kier molecular flexibility index (Phi) is 3.37. The van der Waals surface area contributed by atoms with Gasteiger partial charge < -0.3 is 10.1 Å². The maximum Gasteiger partial charge on any atom is 0.144 e. The van der Waals surface area contributed by atoms with Gasteiger partial charge in [-0.1, -0.05) is 27.5 Å². The van der Waals surface area contributed by atoms with Crippen molar-refractivity contribution < 1.29 is 9.13 Å². The molecule has 0 spiro atoms. The Balaban J connectivity index is 1.93. The molecule has 1 aliphatic heterocycles. The van der Waals surface area contributed by atoms with Crippen LogP contribution in [0.4, 0.5) is 10.1 Å². The zero-order valence-corrected chi connectivity index (χ0v) is 12.1. The van der Waals surface area contributed by atoms with E-state index in [-0.39, 0.29) is 11.9 Å². The number of halogens is 3. The average Bonchev–Trinajstić information content (AvgIpc) is 2.41. The number of benzene rings is 2. The van der Waals surface area contributed by atoms with Gasteiger partial charge in [-0.3, -0.25) is 0 Å². The van der Waals surface area contributed by atoms with Crippen LogP contribution in [0.3, 0.4) is 0 Å². The lowest BCUT2D eigenvalue weighted by Crippen LogP contribution is -2.24. The average molecular weight is 343 g/mol. The van der Waals surface area contributed by atoms with Crippen molar-refractivity contribution in [3.8, 4) is 5.75 Å². The largest absolute Gasteiger partial charge is 0.482 e. The number of rotatable bonds is 1. The van der Waals surface area contributed by atoms with Gasteiger partial charge in [-0.2, -0.15) is 0 Å². The zero-order valence-electron chi connectivity index (χ0n) is 9.79. The topological polar surface area (TPSA) is 21.3 Å². The molecular weight excluding hydrogens is 333 g/mol. The number of anilines is 1. The van der Waals surface area contributed by atoms with Crippen LogP contribution in [-0.4, -0.2) is 6.54 Å². The summed E-state index contributed by atoms with van der Waals surface area (Å²) in [6.45, 7) is 0.501. The standard InChI is InChI=1S/C14H10BrClFNO/c15-8-1-3-11(17)10(5-8)14-7-18-12-6-9(16)2-4-13(12)19-14/h1-6,14,18H,7H2. The smallest absolute Gasteiger partial charge is 0.144 e. The van der Waals surface area contributed by atoms with Crippen LogP contribution >= 0.6 is 27.5 Å². The van der Waals surface area contributed by atoms with E-state index in [1.54, 1.807) is 30.3 Å². The third-order valence-electron chi connectivity index (χ3n) is 2.99. The predicted molar refractivity (Wildman–Crippen MR) is 77.4 cm³/mol. The number of hydrogen-bond acceptors (Lipinski definition) is 2. The van der Waals surface area contributed by atoms with Crippen molar-refractivity contribution in [2.45, 2.75) is 6.10 Å². The lowest BCUT2D eigenvalue weighted by molar-refractivity contribution is 0.205. The molecule has 2 aromatic rings. The Morgan fingerprint density at radius 2 is 2.11 bits per heavy atom. The molecule has 0 aliphatic carbocycles. The highest BCUT2D eigenvalue weighted by Crippen LogP contribution is 2.36. The van der Waals surface area contributed by atoms with Crippen molar-refractivity contribution in [1.29, 1.82) is 0 Å². The van der Waals surface area contributed by atoms with Crippen LogP contribution in [0.5, 0.6) is 5.75 Å². The molecular formula is C14H10BrClFNO.